The fourth-order valence-corrected chi connectivity index (χ4v) is 11.0. The van der Waals surface area contributed by atoms with Gasteiger partial charge in [0.25, 0.3) is 0 Å². The van der Waals surface area contributed by atoms with E-state index >= 15 is 0 Å². The number of carboxylic acid groups (broad SMARTS) is 1. The smallest absolute Gasteiger partial charge is 0.310 e. The molecule has 5 rings (SSSR count). The van der Waals surface area contributed by atoms with Crippen molar-refractivity contribution in [3.05, 3.63) is 11.6 Å². The van der Waals surface area contributed by atoms with Gasteiger partial charge in [0, 0.05) is 5.92 Å². The molecule has 4 N–H and O–H groups in total. The molecule has 5 aliphatic rings. The highest BCUT2D eigenvalue weighted by molar-refractivity contribution is 5.77. The Bertz CT molecular complexity index is 952. The molecule has 4 saturated carbocycles. The predicted molar refractivity (Wildman–Crippen MR) is 135 cm³/mol. The van der Waals surface area contributed by atoms with E-state index in [-0.39, 0.29) is 33.5 Å². The van der Waals surface area contributed by atoms with Crippen LogP contribution in [0.1, 0.15) is 99.8 Å². The number of aliphatic carboxylic acids is 1. The largest absolute Gasteiger partial charge is 0.481 e. The molecule has 0 bridgehead atoms. The summed E-state index contributed by atoms with van der Waals surface area (Å²) < 4.78 is 0. The molecule has 11 atom stereocenters. The molecule has 0 spiro atoms. The van der Waals surface area contributed by atoms with Gasteiger partial charge in [-0.2, -0.15) is 0 Å². The van der Waals surface area contributed by atoms with Gasteiger partial charge >= 0.3 is 5.97 Å². The fourth-order valence-electron chi connectivity index (χ4n) is 11.0. The van der Waals surface area contributed by atoms with Crippen molar-refractivity contribution in [3.8, 4) is 0 Å². The molecule has 5 aliphatic carbocycles. The first-order chi connectivity index (χ1) is 16.0. The van der Waals surface area contributed by atoms with E-state index in [2.05, 4.69) is 47.6 Å². The number of carboxylic acids is 1. The van der Waals surface area contributed by atoms with Gasteiger partial charge in [0.05, 0.1) is 23.2 Å². The van der Waals surface area contributed by atoms with E-state index in [0.717, 1.165) is 32.1 Å². The molecule has 0 aromatic carbocycles. The Morgan fingerprint density at radius 3 is 2.23 bits per heavy atom. The fraction of sp³-hybridized carbons (Fsp3) is 0.900. The van der Waals surface area contributed by atoms with Crippen LogP contribution in [0.15, 0.2) is 11.6 Å². The highest BCUT2D eigenvalue weighted by atomic mass is 16.4. The second kappa shape index (κ2) is 7.35. The van der Waals surface area contributed by atoms with E-state index < -0.39 is 29.2 Å². The van der Waals surface area contributed by atoms with Crippen LogP contribution < -0.4 is 0 Å². The van der Waals surface area contributed by atoms with Crippen LogP contribution in [0.25, 0.3) is 0 Å². The van der Waals surface area contributed by atoms with Crippen LogP contribution in [0.5, 0.6) is 0 Å². The summed E-state index contributed by atoms with van der Waals surface area (Å²) in [5.74, 6) is -0.394. The number of rotatable bonds is 1. The number of aliphatic hydroxyl groups is 3. The number of hydrogen-bond acceptors (Lipinski definition) is 4. The van der Waals surface area contributed by atoms with Gasteiger partial charge in [-0.15, -0.1) is 0 Å². The first-order valence-electron chi connectivity index (χ1n) is 14.0. The Kier molecular flexibility index (Phi) is 5.40. The van der Waals surface area contributed by atoms with E-state index in [1.54, 1.807) is 0 Å². The SMILES string of the molecule is C[C@H]1CC[C@@]2(C(=O)O)CC[C@@]3(C)C(=CCC4[C@]5(C)C[C@H](O)[C@@H](O)C(C)(C)C5CC[C@@]43C)[C@H]2[C@@]1(C)O. The third-order valence-electron chi connectivity index (χ3n) is 13.4. The molecular formula is C30H48O5. The van der Waals surface area contributed by atoms with E-state index in [1.807, 2.05) is 6.92 Å². The van der Waals surface area contributed by atoms with Gasteiger partial charge in [0.15, 0.2) is 0 Å². The maximum Gasteiger partial charge on any atom is 0.310 e. The normalized spacial score (nSPS) is 57.1. The summed E-state index contributed by atoms with van der Waals surface area (Å²) in [7, 11) is 0. The zero-order valence-corrected chi connectivity index (χ0v) is 22.9. The van der Waals surface area contributed by atoms with Crippen molar-refractivity contribution in [1.82, 2.24) is 0 Å². The molecule has 35 heavy (non-hydrogen) atoms. The third kappa shape index (κ3) is 2.90. The number of hydrogen-bond donors (Lipinski definition) is 4. The first-order valence-corrected chi connectivity index (χ1v) is 14.0. The zero-order valence-electron chi connectivity index (χ0n) is 22.9. The molecule has 5 heteroatoms. The van der Waals surface area contributed by atoms with Crippen LogP contribution in [-0.4, -0.2) is 44.2 Å². The first kappa shape index (κ1) is 25.7. The van der Waals surface area contributed by atoms with Crippen molar-refractivity contribution in [2.75, 3.05) is 0 Å². The lowest BCUT2D eigenvalue weighted by Gasteiger charge is -2.72. The maximum absolute atomic E-state index is 12.8. The van der Waals surface area contributed by atoms with Crippen LogP contribution in [0.2, 0.25) is 0 Å². The standard InChI is InChI=1S/C30H48O5/c1-17-10-13-30(24(33)34)15-14-27(5)18(22(30)29(17,7)35)8-9-21-26(4)16-19(31)23(32)25(2,3)20(26)11-12-28(21,27)6/h8,17,19-23,31-32,35H,9-16H2,1-7H3,(H,33,34)/t17-,19-,20?,21?,22-,23+,26+,27-,28-,29-,30+/m0/s1. The van der Waals surface area contributed by atoms with Gasteiger partial charge in [-0.3, -0.25) is 4.79 Å². The Hall–Kier alpha value is -0.910. The second-order valence-electron chi connectivity index (χ2n) is 14.9. The zero-order chi connectivity index (χ0) is 26.0. The van der Waals surface area contributed by atoms with Crippen LogP contribution in [0.4, 0.5) is 0 Å². The van der Waals surface area contributed by atoms with Gasteiger partial charge in [-0.25, -0.2) is 0 Å². The highest BCUT2D eigenvalue weighted by Gasteiger charge is 2.71. The molecule has 5 nitrogen and oxygen atoms in total. The van der Waals surface area contributed by atoms with E-state index in [1.165, 1.54) is 5.57 Å². The van der Waals surface area contributed by atoms with Crippen molar-refractivity contribution in [2.24, 2.45) is 50.7 Å². The Morgan fingerprint density at radius 2 is 1.60 bits per heavy atom. The second-order valence-corrected chi connectivity index (χ2v) is 14.9. The molecule has 0 aliphatic heterocycles. The average Bonchev–Trinajstić information content (AvgIpc) is 2.75. The average molecular weight is 489 g/mol. The summed E-state index contributed by atoms with van der Waals surface area (Å²) in [4.78, 5) is 12.8. The van der Waals surface area contributed by atoms with Crippen molar-refractivity contribution >= 4 is 5.97 Å². The summed E-state index contributed by atoms with van der Waals surface area (Å²) in [6.07, 6.45) is 7.21. The van der Waals surface area contributed by atoms with Crippen LogP contribution in [0.3, 0.4) is 0 Å². The predicted octanol–water partition coefficient (Wildman–Crippen LogP) is 5.18. The lowest BCUT2D eigenvalue weighted by molar-refractivity contribution is -0.237. The van der Waals surface area contributed by atoms with E-state index in [9.17, 15) is 25.2 Å². The minimum Gasteiger partial charge on any atom is -0.481 e. The Labute approximate surface area is 211 Å². The molecule has 0 heterocycles. The lowest BCUT2D eigenvalue weighted by Crippen LogP contribution is -2.68. The maximum atomic E-state index is 12.8. The van der Waals surface area contributed by atoms with Crippen molar-refractivity contribution in [3.63, 3.8) is 0 Å². The van der Waals surface area contributed by atoms with E-state index in [0.29, 0.717) is 31.1 Å². The summed E-state index contributed by atoms with van der Waals surface area (Å²) in [5.41, 5.74) is -1.46. The Balaban J connectivity index is 1.65. The molecule has 2 unspecified atom stereocenters. The molecule has 0 aromatic heterocycles. The monoisotopic (exact) mass is 488 g/mol. The quantitative estimate of drug-likeness (QED) is 0.382. The molecule has 0 radical (unpaired) electrons. The van der Waals surface area contributed by atoms with Crippen LogP contribution >= 0.6 is 0 Å². The molecule has 198 valence electrons. The summed E-state index contributed by atoms with van der Waals surface area (Å²) >= 11 is 0. The molecule has 0 aromatic rings. The molecular weight excluding hydrogens is 440 g/mol. The van der Waals surface area contributed by atoms with Crippen LogP contribution in [-0.2, 0) is 4.79 Å². The molecule has 4 fully saturated rings. The highest BCUT2D eigenvalue weighted by Crippen LogP contribution is 2.76. The molecule has 0 amide bonds. The minimum absolute atomic E-state index is 0.0535. The number of carbonyl (C=O) groups is 1. The molecule has 0 saturated heterocycles. The van der Waals surface area contributed by atoms with Gasteiger partial charge in [0.2, 0.25) is 0 Å². The van der Waals surface area contributed by atoms with Crippen LogP contribution in [0, 0.1) is 50.7 Å². The Morgan fingerprint density at radius 1 is 0.943 bits per heavy atom. The minimum atomic E-state index is -1.05. The van der Waals surface area contributed by atoms with Gasteiger partial charge in [-0.05, 0) is 97.7 Å². The number of fused-ring (bicyclic) bond motifs is 7. The summed E-state index contributed by atoms with van der Waals surface area (Å²) in [6.45, 7) is 15.3. The van der Waals surface area contributed by atoms with Gasteiger partial charge in [-0.1, -0.05) is 53.2 Å². The third-order valence-corrected chi connectivity index (χ3v) is 13.4. The van der Waals surface area contributed by atoms with E-state index in [4.69, 9.17) is 0 Å². The number of allylic oxidation sites excluding steroid dienone is 1. The van der Waals surface area contributed by atoms with Crippen molar-refractivity contribution < 1.29 is 25.2 Å². The lowest BCUT2D eigenvalue weighted by atomic mass is 9.33. The summed E-state index contributed by atoms with van der Waals surface area (Å²) in [6, 6.07) is 0. The van der Waals surface area contributed by atoms with Gasteiger partial charge in [0.1, 0.15) is 0 Å². The van der Waals surface area contributed by atoms with Crippen molar-refractivity contribution in [2.45, 2.75) is 118 Å². The summed E-state index contributed by atoms with van der Waals surface area (Å²) in [5, 5.41) is 44.3. The van der Waals surface area contributed by atoms with Gasteiger partial charge < -0.3 is 20.4 Å². The topological polar surface area (TPSA) is 98.0 Å². The number of aliphatic hydroxyl groups excluding tert-OH is 2. The van der Waals surface area contributed by atoms with Crippen molar-refractivity contribution in [1.29, 1.82) is 0 Å².